The van der Waals surface area contributed by atoms with Crippen molar-refractivity contribution in [3.8, 4) is 0 Å². The largest absolute Gasteiger partial charge is 0.370 e. The maximum Gasteiger partial charge on any atom is 0.142 e. The van der Waals surface area contributed by atoms with Gasteiger partial charge in [-0.1, -0.05) is 32.3 Å². The molecule has 1 aromatic heterocycles. The molecule has 100 valence electrons. The zero-order valence-electron chi connectivity index (χ0n) is 11.2. The predicted octanol–water partition coefficient (Wildman–Crippen LogP) is 3.00. The van der Waals surface area contributed by atoms with Gasteiger partial charge in [0.25, 0.3) is 0 Å². The smallest absolute Gasteiger partial charge is 0.142 e. The molecule has 4 heteroatoms. The molecule has 0 aliphatic heterocycles. The molecule has 1 aliphatic rings. The van der Waals surface area contributed by atoms with Crippen molar-refractivity contribution in [3.05, 3.63) is 18.2 Å². The minimum Gasteiger partial charge on any atom is -0.370 e. The molecule has 1 heterocycles. The maximum atomic E-state index is 5.35. The molecule has 18 heavy (non-hydrogen) atoms. The molecule has 0 radical (unpaired) electrons. The first kappa shape index (κ1) is 13.1. The van der Waals surface area contributed by atoms with Gasteiger partial charge in [0, 0.05) is 6.54 Å². The van der Waals surface area contributed by atoms with Gasteiger partial charge in [0.15, 0.2) is 0 Å². The molecular weight excluding hydrogens is 224 g/mol. The van der Waals surface area contributed by atoms with Crippen LogP contribution in [0.2, 0.25) is 0 Å². The van der Waals surface area contributed by atoms with E-state index >= 15 is 0 Å². The Morgan fingerprint density at radius 3 is 2.50 bits per heavy atom. The molecule has 0 aromatic carbocycles. The Balaban J connectivity index is 1.77. The lowest BCUT2D eigenvalue weighted by Gasteiger charge is -2.28. The lowest BCUT2D eigenvalue weighted by Crippen LogP contribution is -2.21. The van der Waals surface area contributed by atoms with Crippen molar-refractivity contribution in [1.82, 2.24) is 4.98 Å². The zero-order valence-corrected chi connectivity index (χ0v) is 11.2. The first-order valence-corrected chi connectivity index (χ1v) is 6.99. The SMILES string of the molecule is CCC1CCC(CNc2cccc(NN)n2)CC1. The van der Waals surface area contributed by atoms with E-state index in [1.165, 1.54) is 32.1 Å². The topological polar surface area (TPSA) is 63.0 Å². The molecular formula is C14H24N4. The summed E-state index contributed by atoms with van der Waals surface area (Å²) < 4.78 is 0. The van der Waals surface area contributed by atoms with E-state index in [-0.39, 0.29) is 0 Å². The van der Waals surface area contributed by atoms with E-state index < -0.39 is 0 Å². The number of anilines is 2. The highest BCUT2D eigenvalue weighted by molar-refractivity contribution is 5.44. The van der Waals surface area contributed by atoms with Crippen LogP contribution < -0.4 is 16.6 Å². The van der Waals surface area contributed by atoms with Crippen LogP contribution in [0.5, 0.6) is 0 Å². The average molecular weight is 248 g/mol. The van der Waals surface area contributed by atoms with E-state index in [1.807, 2.05) is 18.2 Å². The van der Waals surface area contributed by atoms with Gasteiger partial charge in [0.1, 0.15) is 11.6 Å². The van der Waals surface area contributed by atoms with Gasteiger partial charge in [0.05, 0.1) is 0 Å². The number of nitrogens with one attached hydrogen (secondary N) is 2. The second-order valence-corrected chi connectivity index (χ2v) is 5.23. The van der Waals surface area contributed by atoms with E-state index in [9.17, 15) is 0 Å². The normalized spacial score (nSPS) is 23.7. The highest BCUT2D eigenvalue weighted by Gasteiger charge is 2.19. The Labute approximate surface area is 109 Å². The van der Waals surface area contributed by atoms with Crippen molar-refractivity contribution in [3.63, 3.8) is 0 Å². The number of hydrazine groups is 1. The van der Waals surface area contributed by atoms with Gasteiger partial charge >= 0.3 is 0 Å². The Kier molecular flexibility index (Phi) is 4.81. The van der Waals surface area contributed by atoms with E-state index in [4.69, 9.17) is 5.84 Å². The molecule has 0 saturated heterocycles. The molecule has 2 rings (SSSR count). The molecule has 0 unspecified atom stereocenters. The molecule has 1 saturated carbocycles. The number of nitrogens with zero attached hydrogens (tertiary/aromatic N) is 1. The summed E-state index contributed by atoms with van der Waals surface area (Å²) in [4.78, 5) is 4.36. The minimum absolute atomic E-state index is 0.703. The fourth-order valence-corrected chi connectivity index (χ4v) is 2.71. The molecule has 1 fully saturated rings. The Hall–Kier alpha value is -1.29. The van der Waals surface area contributed by atoms with Crippen molar-refractivity contribution in [1.29, 1.82) is 0 Å². The van der Waals surface area contributed by atoms with E-state index in [2.05, 4.69) is 22.7 Å². The Morgan fingerprint density at radius 2 is 1.83 bits per heavy atom. The van der Waals surface area contributed by atoms with Crippen molar-refractivity contribution in [2.75, 3.05) is 17.3 Å². The maximum absolute atomic E-state index is 5.35. The molecule has 0 amide bonds. The summed E-state index contributed by atoms with van der Waals surface area (Å²) in [7, 11) is 0. The lowest BCUT2D eigenvalue weighted by molar-refractivity contribution is 0.278. The Morgan fingerprint density at radius 1 is 1.17 bits per heavy atom. The third kappa shape index (κ3) is 3.60. The monoisotopic (exact) mass is 248 g/mol. The second-order valence-electron chi connectivity index (χ2n) is 5.23. The number of aromatic nitrogens is 1. The highest BCUT2D eigenvalue weighted by Crippen LogP contribution is 2.30. The van der Waals surface area contributed by atoms with Gasteiger partial charge in [0.2, 0.25) is 0 Å². The summed E-state index contributed by atoms with van der Waals surface area (Å²) in [5, 5.41) is 3.42. The average Bonchev–Trinajstić information content (AvgIpc) is 2.46. The van der Waals surface area contributed by atoms with E-state index in [0.29, 0.717) is 5.82 Å². The molecule has 1 aromatic rings. The van der Waals surface area contributed by atoms with Crippen LogP contribution in [0.4, 0.5) is 11.6 Å². The first-order valence-electron chi connectivity index (χ1n) is 6.99. The third-order valence-corrected chi connectivity index (χ3v) is 4.01. The third-order valence-electron chi connectivity index (χ3n) is 4.01. The summed E-state index contributed by atoms with van der Waals surface area (Å²) in [5.41, 5.74) is 2.57. The quantitative estimate of drug-likeness (QED) is 0.553. The number of nitrogens with two attached hydrogens (primary N) is 1. The standard InChI is InChI=1S/C14H24N4/c1-2-11-6-8-12(9-7-11)10-16-13-4-3-5-14(17-13)18-15/h3-5,11-12H,2,6-10,15H2,1H3,(H2,16,17,18). The van der Waals surface area contributed by atoms with Crippen molar-refractivity contribution >= 4 is 11.6 Å². The first-order chi connectivity index (χ1) is 8.81. The van der Waals surface area contributed by atoms with Crippen LogP contribution in [0.1, 0.15) is 39.0 Å². The van der Waals surface area contributed by atoms with Gasteiger partial charge < -0.3 is 10.7 Å². The summed E-state index contributed by atoms with van der Waals surface area (Å²) >= 11 is 0. The van der Waals surface area contributed by atoms with Crippen LogP contribution >= 0.6 is 0 Å². The van der Waals surface area contributed by atoms with Gasteiger partial charge in [-0.2, -0.15) is 0 Å². The summed E-state index contributed by atoms with van der Waals surface area (Å²) in [5.74, 6) is 8.71. The molecule has 4 nitrogen and oxygen atoms in total. The predicted molar refractivity (Wildman–Crippen MR) is 76.3 cm³/mol. The van der Waals surface area contributed by atoms with Crippen LogP contribution in [-0.4, -0.2) is 11.5 Å². The van der Waals surface area contributed by atoms with Gasteiger partial charge in [-0.25, -0.2) is 10.8 Å². The molecule has 0 spiro atoms. The Bertz CT molecular complexity index is 359. The van der Waals surface area contributed by atoms with Crippen LogP contribution in [0.15, 0.2) is 18.2 Å². The fourth-order valence-electron chi connectivity index (χ4n) is 2.71. The summed E-state index contributed by atoms with van der Waals surface area (Å²) in [6, 6.07) is 5.80. The van der Waals surface area contributed by atoms with E-state index in [0.717, 1.165) is 24.2 Å². The van der Waals surface area contributed by atoms with Crippen LogP contribution in [0, 0.1) is 11.8 Å². The number of rotatable bonds is 5. The number of hydrogen-bond donors (Lipinski definition) is 3. The van der Waals surface area contributed by atoms with E-state index in [1.54, 1.807) is 0 Å². The number of hydrogen-bond acceptors (Lipinski definition) is 4. The highest BCUT2D eigenvalue weighted by atomic mass is 15.3. The number of nitrogen functional groups attached to an aromatic ring is 1. The van der Waals surface area contributed by atoms with Crippen molar-refractivity contribution < 1.29 is 0 Å². The molecule has 0 atom stereocenters. The minimum atomic E-state index is 0.703. The molecule has 1 aliphatic carbocycles. The fraction of sp³-hybridized carbons (Fsp3) is 0.643. The van der Waals surface area contributed by atoms with Crippen LogP contribution in [-0.2, 0) is 0 Å². The van der Waals surface area contributed by atoms with Gasteiger partial charge in [-0.15, -0.1) is 0 Å². The van der Waals surface area contributed by atoms with Crippen LogP contribution in [0.25, 0.3) is 0 Å². The number of pyridine rings is 1. The van der Waals surface area contributed by atoms with Gasteiger partial charge in [-0.3, -0.25) is 0 Å². The van der Waals surface area contributed by atoms with Crippen molar-refractivity contribution in [2.24, 2.45) is 17.7 Å². The summed E-state index contributed by atoms with van der Waals surface area (Å²) in [6.07, 6.45) is 6.81. The van der Waals surface area contributed by atoms with Gasteiger partial charge in [-0.05, 0) is 36.8 Å². The zero-order chi connectivity index (χ0) is 12.8. The molecule has 4 N–H and O–H groups in total. The van der Waals surface area contributed by atoms with Crippen molar-refractivity contribution in [2.45, 2.75) is 39.0 Å². The lowest BCUT2D eigenvalue weighted by atomic mass is 9.81. The summed E-state index contributed by atoms with van der Waals surface area (Å²) in [6.45, 7) is 3.33. The van der Waals surface area contributed by atoms with Crippen LogP contribution in [0.3, 0.4) is 0 Å². The second kappa shape index (κ2) is 6.59. The molecule has 0 bridgehead atoms.